The zero-order chi connectivity index (χ0) is 18.3. The first-order valence-electron chi connectivity index (χ1n) is 7.68. The van der Waals surface area contributed by atoms with Crippen LogP contribution in [0.25, 0.3) is 21.9 Å². The molecule has 6 heteroatoms. The molecule has 1 aromatic heterocycles. The molecule has 3 N–H and O–H groups in total. The third kappa shape index (κ3) is 2.76. The summed E-state index contributed by atoms with van der Waals surface area (Å²) in [7, 11) is 1.40. The molecule has 6 nitrogen and oxygen atoms in total. The van der Waals surface area contributed by atoms with E-state index in [1.54, 1.807) is 0 Å². The van der Waals surface area contributed by atoms with Gasteiger partial charge >= 0.3 is 0 Å². The summed E-state index contributed by atoms with van der Waals surface area (Å²) in [5, 5.41) is 30.1. The highest BCUT2D eigenvalue weighted by Gasteiger charge is 2.21. The molecule has 0 radical (unpaired) electrons. The van der Waals surface area contributed by atoms with Gasteiger partial charge in [0, 0.05) is 23.8 Å². The molecule has 0 unspecified atom stereocenters. The van der Waals surface area contributed by atoms with Crippen LogP contribution in [0.3, 0.4) is 0 Å². The maximum atomic E-state index is 13.0. The molecule has 0 spiro atoms. The van der Waals surface area contributed by atoms with E-state index in [9.17, 15) is 20.1 Å². The van der Waals surface area contributed by atoms with Gasteiger partial charge in [0.05, 0.1) is 12.5 Å². The van der Waals surface area contributed by atoms with E-state index in [1.807, 2.05) is 19.9 Å². The van der Waals surface area contributed by atoms with Gasteiger partial charge in [0.15, 0.2) is 11.3 Å². The number of benzene rings is 2. The summed E-state index contributed by atoms with van der Waals surface area (Å²) in [6.07, 6.45) is 2.20. The molecule has 2 aromatic carbocycles. The summed E-state index contributed by atoms with van der Waals surface area (Å²) in [5.74, 6) is -0.516. The molecular formula is C19H18O6. The molecular weight excluding hydrogens is 324 g/mol. The third-order valence-electron chi connectivity index (χ3n) is 4.00. The van der Waals surface area contributed by atoms with Crippen LogP contribution in [0.4, 0.5) is 0 Å². The second kappa shape index (κ2) is 6.05. The van der Waals surface area contributed by atoms with Gasteiger partial charge in [0.25, 0.3) is 0 Å². The van der Waals surface area contributed by atoms with Gasteiger partial charge in [-0.25, -0.2) is 0 Å². The predicted molar refractivity (Wildman–Crippen MR) is 94.7 cm³/mol. The van der Waals surface area contributed by atoms with Crippen LogP contribution in [-0.4, -0.2) is 22.4 Å². The lowest BCUT2D eigenvalue weighted by Gasteiger charge is -2.12. The van der Waals surface area contributed by atoms with Crippen molar-refractivity contribution in [3.05, 3.63) is 45.6 Å². The molecule has 0 aliphatic heterocycles. The van der Waals surface area contributed by atoms with Crippen molar-refractivity contribution in [1.82, 2.24) is 0 Å². The average molecular weight is 342 g/mol. The van der Waals surface area contributed by atoms with Crippen molar-refractivity contribution in [2.24, 2.45) is 0 Å². The maximum Gasteiger partial charge on any atom is 0.204 e. The molecule has 0 fully saturated rings. The zero-order valence-electron chi connectivity index (χ0n) is 14.1. The Bertz CT molecular complexity index is 1070. The van der Waals surface area contributed by atoms with Crippen LogP contribution in [0, 0.1) is 0 Å². The minimum atomic E-state index is -0.500. The summed E-state index contributed by atoms with van der Waals surface area (Å²) < 4.78 is 11.0. The second-order valence-corrected chi connectivity index (χ2v) is 6.04. The molecule has 0 atom stereocenters. The van der Waals surface area contributed by atoms with E-state index in [1.165, 1.54) is 19.2 Å². The number of allylic oxidation sites excluding steroid dienone is 2. The van der Waals surface area contributed by atoms with E-state index >= 15 is 0 Å². The van der Waals surface area contributed by atoms with Crippen molar-refractivity contribution in [2.75, 3.05) is 7.11 Å². The van der Waals surface area contributed by atoms with E-state index < -0.39 is 5.43 Å². The number of phenolic OH excluding ortho intramolecular Hbond substituents is 3. The van der Waals surface area contributed by atoms with Crippen LogP contribution in [0.5, 0.6) is 23.0 Å². The lowest BCUT2D eigenvalue weighted by molar-refractivity contribution is 0.403. The van der Waals surface area contributed by atoms with Gasteiger partial charge < -0.3 is 24.5 Å². The fourth-order valence-electron chi connectivity index (χ4n) is 2.80. The number of hydrogen-bond acceptors (Lipinski definition) is 6. The Labute approximate surface area is 143 Å². The molecule has 3 rings (SSSR count). The largest absolute Gasteiger partial charge is 0.508 e. The van der Waals surface area contributed by atoms with Gasteiger partial charge in [-0.05, 0) is 20.3 Å². The molecule has 0 bridgehead atoms. The van der Waals surface area contributed by atoms with Gasteiger partial charge in [-0.15, -0.1) is 0 Å². The number of phenols is 3. The SMILES string of the molecule is COc1cc(O)c(CC=C(C)C)c2c(=O)c3c(O)cc(O)cc3oc12. The lowest BCUT2D eigenvalue weighted by Crippen LogP contribution is -2.07. The Morgan fingerprint density at radius 2 is 1.84 bits per heavy atom. The van der Waals surface area contributed by atoms with Crippen LogP contribution in [0.15, 0.2) is 39.1 Å². The molecule has 0 saturated heterocycles. The Morgan fingerprint density at radius 1 is 1.12 bits per heavy atom. The van der Waals surface area contributed by atoms with E-state index in [-0.39, 0.29) is 44.9 Å². The highest BCUT2D eigenvalue weighted by molar-refractivity contribution is 5.98. The van der Waals surface area contributed by atoms with Gasteiger partial charge in [0.2, 0.25) is 5.43 Å². The normalized spacial score (nSPS) is 11.0. The number of ether oxygens (including phenoxy) is 1. The number of methoxy groups -OCH3 is 1. The molecule has 0 saturated carbocycles. The quantitative estimate of drug-likeness (QED) is 0.497. The minimum Gasteiger partial charge on any atom is -0.508 e. The van der Waals surface area contributed by atoms with E-state index in [0.717, 1.165) is 11.6 Å². The van der Waals surface area contributed by atoms with Crippen molar-refractivity contribution in [3.63, 3.8) is 0 Å². The predicted octanol–water partition coefficient (Wildman–Crippen LogP) is 3.58. The average Bonchev–Trinajstić information content (AvgIpc) is 2.52. The fraction of sp³-hybridized carbons (Fsp3) is 0.211. The summed E-state index contributed by atoms with van der Waals surface area (Å²) in [5.41, 5.74) is 1.11. The molecule has 130 valence electrons. The van der Waals surface area contributed by atoms with Crippen molar-refractivity contribution < 1.29 is 24.5 Å². The first-order chi connectivity index (χ1) is 11.8. The first-order valence-corrected chi connectivity index (χ1v) is 7.68. The minimum absolute atomic E-state index is 0.0344. The standard InChI is InChI=1S/C19H18O6/c1-9(2)4-5-11-12(21)8-15(24-3)19-16(11)18(23)17-13(22)6-10(20)7-14(17)25-19/h4,6-8,20-22H,5H2,1-3H3. The van der Waals surface area contributed by atoms with Gasteiger partial charge in [-0.2, -0.15) is 0 Å². The highest BCUT2D eigenvalue weighted by atomic mass is 16.5. The van der Waals surface area contributed by atoms with Crippen LogP contribution in [0.2, 0.25) is 0 Å². The Hall–Kier alpha value is -3.15. The zero-order valence-corrected chi connectivity index (χ0v) is 14.1. The van der Waals surface area contributed by atoms with Gasteiger partial charge in [-0.1, -0.05) is 11.6 Å². The number of aromatic hydroxyl groups is 3. The number of hydrogen-bond donors (Lipinski definition) is 3. The topological polar surface area (TPSA) is 100 Å². The molecule has 0 aliphatic rings. The number of rotatable bonds is 3. The summed E-state index contributed by atoms with van der Waals surface area (Å²) >= 11 is 0. The lowest BCUT2D eigenvalue weighted by atomic mass is 10.0. The maximum absolute atomic E-state index is 13.0. The van der Waals surface area contributed by atoms with Crippen LogP contribution in [-0.2, 0) is 6.42 Å². The van der Waals surface area contributed by atoms with E-state index in [0.29, 0.717) is 12.0 Å². The van der Waals surface area contributed by atoms with Crippen molar-refractivity contribution >= 4 is 21.9 Å². The highest BCUT2D eigenvalue weighted by Crippen LogP contribution is 2.38. The first kappa shape index (κ1) is 16.7. The number of fused-ring (bicyclic) bond motifs is 2. The molecule has 0 amide bonds. The van der Waals surface area contributed by atoms with E-state index in [2.05, 4.69) is 0 Å². The van der Waals surface area contributed by atoms with Crippen LogP contribution >= 0.6 is 0 Å². The van der Waals surface area contributed by atoms with Gasteiger partial charge in [0.1, 0.15) is 28.2 Å². The molecule has 25 heavy (non-hydrogen) atoms. The Morgan fingerprint density at radius 3 is 2.48 bits per heavy atom. The second-order valence-electron chi connectivity index (χ2n) is 6.04. The van der Waals surface area contributed by atoms with Gasteiger partial charge in [-0.3, -0.25) is 4.79 Å². The summed E-state index contributed by atoms with van der Waals surface area (Å²) in [6, 6.07) is 3.70. The van der Waals surface area contributed by atoms with Crippen molar-refractivity contribution in [3.8, 4) is 23.0 Å². The Balaban J connectivity index is 2.53. The van der Waals surface area contributed by atoms with Crippen molar-refractivity contribution in [2.45, 2.75) is 20.3 Å². The summed E-state index contributed by atoms with van der Waals surface area (Å²) in [6.45, 7) is 3.82. The van der Waals surface area contributed by atoms with E-state index in [4.69, 9.17) is 9.15 Å². The Kier molecular flexibility index (Phi) is 4.04. The molecule has 3 aromatic rings. The molecule has 0 aliphatic carbocycles. The third-order valence-corrected chi connectivity index (χ3v) is 4.00. The smallest absolute Gasteiger partial charge is 0.204 e. The van der Waals surface area contributed by atoms with Crippen LogP contribution in [0.1, 0.15) is 19.4 Å². The monoisotopic (exact) mass is 342 g/mol. The molecule has 1 heterocycles. The van der Waals surface area contributed by atoms with Crippen molar-refractivity contribution in [1.29, 1.82) is 0 Å². The fourth-order valence-corrected chi connectivity index (χ4v) is 2.80. The van der Waals surface area contributed by atoms with Crippen LogP contribution < -0.4 is 10.2 Å². The summed E-state index contributed by atoms with van der Waals surface area (Å²) in [4.78, 5) is 13.0.